The van der Waals surface area contributed by atoms with Crippen LogP contribution in [-0.2, 0) is 9.47 Å². The van der Waals surface area contributed by atoms with Gasteiger partial charge in [0.25, 0.3) is 0 Å². The minimum atomic E-state index is 0.117. The first-order chi connectivity index (χ1) is 9.63. The van der Waals surface area contributed by atoms with Crippen LogP contribution in [0.2, 0.25) is 0 Å². The van der Waals surface area contributed by atoms with Crippen LogP contribution in [-0.4, -0.2) is 80.0 Å². The number of methoxy groups -OCH3 is 2. The zero-order valence-corrected chi connectivity index (χ0v) is 13.0. The Morgan fingerprint density at radius 3 is 2.20 bits per heavy atom. The molecule has 1 aliphatic carbocycles. The Kier molecular flexibility index (Phi) is 4.08. The molecule has 0 spiro atoms. The summed E-state index contributed by atoms with van der Waals surface area (Å²) in [4.78, 5) is 5.21. The van der Waals surface area contributed by atoms with Gasteiger partial charge in [-0.3, -0.25) is 9.80 Å². The number of hydrogen-bond acceptors (Lipinski definition) is 5. The molecule has 1 saturated carbocycles. The molecular weight excluding hydrogens is 254 g/mol. The maximum Gasteiger partial charge on any atom is 0.0972 e. The van der Waals surface area contributed by atoms with Crippen LogP contribution in [0.3, 0.4) is 0 Å². The highest BCUT2D eigenvalue weighted by Gasteiger charge is 2.52. The van der Waals surface area contributed by atoms with Gasteiger partial charge in [-0.25, -0.2) is 0 Å². The lowest BCUT2D eigenvalue weighted by Gasteiger charge is -2.38. The van der Waals surface area contributed by atoms with Crippen molar-refractivity contribution in [1.29, 1.82) is 0 Å². The van der Waals surface area contributed by atoms with Crippen LogP contribution in [0.1, 0.15) is 26.2 Å². The van der Waals surface area contributed by atoms with Crippen LogP contribution in [0.15, 0.2) is 0 Å². The van der Waals surface area contributed by atoms with Gasteiger partial charge in [-0.05, 0) is 26.2 Å². The van der Waals surface area contributed by atoms with Crippen molar-refractivity contribution < 1.29 is 9.47 Å². The van der Waals surface area contributed by atoms with Crippen LogP contribution in [0.25, 0.3) is 0 Å². The van der Waals surface area contributed by atoms with Gasteiger partial charge < -0.3 is 15.2 Å². The van der Waals surface area contributed by atoms with Gasteiger partial charge in [0, 0.05) is 58.0 Å². The van der Waals surface area contributed by atoms with Gasteiger partial charge in [0.15, 0.2) is 0 Å². The molecule has 3 fully saturated rings. The number of rotatable bonds is 5. The lowest BCUT2D eigenvalue weighted by molar-refractivity contribution is -0.00461. The summed E-state index contributed by atoms with van der Waals surface area (Å²) < 4.78 is 11.2. The van der Waals surface area contributed by atoms with Gasteiger partial charge in [-0.1, -0.05) is 0 Å². The highest BCUT2D eigenvalue weighted by Crippen LogP contribution is 2.40. The molecule has 116 valence electrons. The molecule has 0 amide bonds. The molecule has 5 nitrogen and oxygen atoms in total. The summed E-state index contributed by atoms with van der Waals surface area (Å²) in [6.07, 6.45) is 4.26. The van der Waals surface area contributed by atoms with Crippen LogP contribution >= 0.6 is 0 Å². The first kappa shape index (κ1) is 14.7. The molecule has 0 aromatic heterocycles. The van der Waals surface area contributed by atoms with Crippen LogP contribution in [0.5, 0.6) is 0 Å². The van der Waals surface area contributed by atoms with Gasteiger partial charge in [-0.15, -0.1) is 0 Å². The molecule has 0 radical (unpaired) electrons. The van der Waals surface area contributed by atoms with Crippen molar-refractivity contribution in [2.24, 2.45) is 5.73 Å². The fourth-order valence-corrected chi connectivity index (χ4v) is 4.21. The molecule has 3 aliphatic rings. The van der Waals surface area contributed by atoms with Crippen molar-refractivity contribution in [2.45, 2.75) is 56.0 Å². The first-order valence-electron chi connectivity index (χ1n) is 7.90. The third kappa shape index (κ3) is 2.40. The van der Waals surface area contributed by atoms with Crippen molar-refractivity contribution in [2.75, 3.05) is 40.4 Å². The van der Waals surface area contributed by atoms with E-state index >= 15 is 0 Å². The minimum Gasteiger partial charge on any atom is -0.377 e. The van der Waals surface area contributed by atoms with E-state index < -0.39 is 0 Å². The van der Waals surface area contributed by atoms with E-state index in [0.717, 1.165) is 32.2 Å². The van der Waals surface area contributed by atoms with E-state index in [-0.39, 0.29) is 17.7 Å². The summed E-state index contributed by atoms with van der Waals surface area (Å²) in [6.45, 7) is 6.08. The lowest BCUT2D eigenvalue weighted by Crippen LogP contribution is -2.55. The Hall–Kier alpha value is -0.200. The van der Waals surface area contributed by atoms with Crippen LogP contribution < -0.4 is 5.73 Å². The van der Waals surface area contributed by atoms with Gasteiger partial charge in [-0.2, -0.15) is 0 Å². The molecule has 5 heteroatoms. The molecule has 2 saturated heterocycles. The number of hydrogen-bond donors (Lipinski definition) is 1. The fourth-order valence-electron chi connectivity index (χ4n) is 4.21. The van der Waals surface area contributed by atoms with Gasteiger partial charge in [0.05, 0.1) is 12.2 Å². The molecular formula is C15H29N3O2. The Morgan fingerprint density at radius 1 is 1.15 bits per heavy atom. The fraction of sp³-hybridized carbons (Fsp3) is 1.00. The van der Waals surface area contributed by atoms with Gasteiger partial charge >= 0.3 is 0 Å². The van der Waals surface area contributed by atoms with E-state index in [0.29, 0.717) is 6.04 Å². The predicted molar refractivity (Wildman–Crippen MR) is 78.8 cm³/mol. The summed E-state index contributed by atoms with van der Waals surface area (Å²) in [5, 5.41) is 0. The quantitative estimate of drug-likeness (QED) is 0.786. The second kappa shape index (κ2) is 5.54. The van der Waals surface area contributed by atoms with Gasteiger partial charge in [0.1, 0.15) is 0 Å². The Balaban J connectivity index is 1.73. The molecule has 2 aliphatic heterocycles. The maximum absolute atomic E-state index is 6.22. The summed E-state index contributed by atoms with van der Waals surface area (Å²) in [5.41, 5.74) is 6.33. The molecule has 4 unspecified atom stereocenters. The third-order valence-electron chi connectivity index (χ3n) is 5.61. The number of nitrogens with zero attached hydrogens (tertiary/aromatic N) is 2. The SMILES string of the molecule is COC1CN(C2(CN)CC(C)N(C3CC3)C2)CC1OC. The Morgan fingerprint density at radius 2 is 1.75 bits per heavy atom. The summed E-state index contributed by atoms with van der Waals surface area (Å²) in [7, 11) is 3.56. The summed E-state index contributed by atoms with van der Waals surface area (Å²) >= 11 is 0. The molecule has 2 heterocycles. The monoisotopic (exact) mass is 283 g/mol. The smallest absolute Gasteiger partial charge is 0.0972 e. The maximum atomic E-state index is 6.22. The average Bonchev–Trinajstić information content (AvgIpc) is 3.11. The zero-order chi connectivity index (χ0) is 14.3. The van der Waals surface area contributed by atoms with Crippen molar-refractivity contribution >= 4 is 0 Å². The first-order valence-corrected chi connectivity index (χ1v) is 7.90. The molecule has 0 aromatic carbocycles. The molecule has 0 bridgehead atoms. The van der Waals surface area contributed by atoms with Crippen LogP contribution in [0, 0.1) is 0 Å². The molecule has 3 rings (SSSR count). The number of ether oxygens (including phenoxy) is 2. The third-order valence-corrected chi connectivity index (χ3v) is 5.61. The zero-order valence-electron chi connectivity index (χ0n) is 13.0. The Labute approximate surface area is 122 Å². The standard InChI is InChI=1S/C15H29N3O2/c1-11-6-15(9-16,10-18(11)12-4-5-12)17-7-13(19-2)14(8-17)20-3/h11-14H,4-10,16H2,1-3H3. The highest BCUT2D eigenvalue weighted by molar-refractivity contribution is 5.09. The largest absolute Gasteiger partial charge is 0.377 e. The number of nitrogens with two attached hydrogens (primary N) is 1. The topological polar surface area (TPSA) is 51.0 Å². The highest BCUT2D eigenvalue weighted by atomic mass is 16.5. The van der Waals surface area contributed by atoms with E-state index in [4.69, 9.17) is 15.2 Å². The van der Waals surface area contributed by atoms with Crippen molar-refractivity contribution in [1.82, 2.24) is 9.80 Å². The van der Waals surface area contributed by atoms with Crippen molar-refractivity contribution in [3.63, 3.8) is 0 Å². The summed E-state index contributed by atoms with van der Waals surface area (Å²) in [5.74, 6) is 0. The van der Waals surface area contributed by atoms with Gasteiger partial charge in [0.2, 0.25) is 0 Å². The normalized spacial score (nSPS) is 43.5. The van der Waals surface area contributed by atoms with E-state index in [2.05, 4.69) is 16.7 Å². The van der Waals surface area contributed by atoms with Crippen molar-refractivity contribution in [3.8, 4) is 0 Å². The summed E-state index contributed by atoms with van der Waals surface area (Å²) in [6, 6.07) is 1.46. The molecule has 0 aromatic rings. The second-order valence-corrected chi connectivity index (χ2v) is 6.84. The lowest BCUT2D eigenvalue weighted by atomic mass is 9.94. The van der Waals surface area contributed by atoms with E-state index in [1.165, 1.54) is 19.3 Å². The number of likely N-dealkylation sites (tertiary alicyclic amines) is 2. The van der Waals surface area contributed by atoms with E-state index in [9.17, 15) is 0 Å². The Bertz CT molecular complexity index is 338. The van der Waals surface area contributed by atoms with Crippen LogP contribution in [0.4, 0.5) is 0 Å². The minimum absolute atomic E-state index is 0.117. The average molecular weight is 283 g/mol. The van der Waals surface area contributed by atoms with E-state index in [1.807, 2.05) is 0 Å². The second-order valence-electron chi connectivity index (χ2n) is 6.84. The molecule has 20 heavy (non-hydrogen) atoms. The molecule has 4 atom stereocenters. The predicted octanol–water partition coefficient (Wildman–Crippen LogP) is 0.286. The van der Waals surface area contributed by atoms with E-state index in [1.54, 1.807) is 14.2 Å². The molecule has 2 N–H and O–H groups in total. The van der Waals surface area contributed by atoms with Crippen molar-refractivity contribution in [3.05, 3.63) is 0 Å².